The van der Waals surface area contributed by atoms with Crippen molar-refractivity contribution in [3.05, 3.63) is 34.0 Å². The second kappa shape index (κ2) is 5.01. The summed E-state index contributed by atoms with van der Waals surface area (Å²) in [6, 6.07) is 4.15. The first kappa shape index (κ1) is 12.7. The van der Waals surface area contributed by atoms with E-state index in [-0.39, 0.29) is 0 Å². The Balaban J connectivity index is 2.33. The van der Waals surface area contributed by atoms with Crippen LogP contribution in [0.3, 0.4) is 0 Å². The number of aromatic nitrogens is 1. The van der Waals surface area contributed by atoms with Gasteiger partial charge in [0, 0.05) is 28.8 Å². The van der Waals surface area contributed by atoms with Crippen LogP contribution < -0.4 is 5.32 Å². The summed E-state index contributed by atoms with van der Waals surface area (Å²) >= 11 is 6.24. The minimum Gasteiger partial charge on any atom is -0.387 e. The molecule has 3 rings (SSSR count). The van der Waals surface area contributed by atoms with E-state index in [9.17, 15) is 0 Å². The molecule has 0 spiro atoms. The topological polar surface area (TPSA) is 24.9 Å². The van der Waals surface area contributed by atoms with Gasteiger partial charge in [0.25, 0.3) is 0 Å². The smallest absolute Gasteiger partial charge is 0.0741 e. The van der Waals surface area contributed by atoms with E-state index in [0.717, 1.165) is 28.9 Å². The molecule has 1 aliphatic carbocycles. The standard InChI is InChI=1S/C16H19ClN2/c1-10-8-12-15(9-13(10)17)19-14-7-5-3-4-6-11(14)16(12)18-2/h8-9H,3-7H2,1-2H3,(H,18,19). The minimum absolute atomic E-state index is 0.802. The summed E-state index contributed by atoms with van der Waals surface area (Å²) in [6.45, 7) is 2.05. The highest BCUT2D eigenvalue weighted by atomic mass is 35.5. The Kier molecular flexibility index (Phi) is 3.36. The average molecular weight is 275 g/mol. The molecule has 100 valence electrons. The Hall–Kier alpha value is -1.28. The maximum absolute atomic E-state index is 6.24. The number of anilines is 1. The number of halogens is 1. The van der Waals surface area contributed by atoms with Crippen LogP contribution in [0.2, 0.25) is 5.02 Å². The van der Waals surface area contributed by atoms with E-state index in [4.69, 9.17) is 16.6 Å². The van der Waals surface area contributed by atoms with Crippen molar-refractivity contribution in [2.24, 2.45) is 0 Å². The molecule has 0 fully saturated rings. The molecule has 1 aliphatic rings. The van der Waals surface area contributed by atoms with Crippen molar-refractivity contribution in [1.29, 1.82) is 0 Å². The zero-order valence-corrected chi connectivity index (χ0v) is 12.3. The van der Waals surface area contributed by atoms with Gasteiger partial charge in [0.05, 0.1) is 5.52 Å². The lowest BCUT2D eigenvalue weighted by Crippen LogP contribution is -2.03. The van der Waals surface area contributed by atoms with Gasteiger partial charge in [-0.3, -0.25) is 4.98 Å². The van der Waals surface area contributed by atoms with Gasteiger partial charge in [-0.1, -0.05) is 18.0 Å². The van der Waals surface area contributed by atoms with E-state index in [0.29, 0.717) is 0 Å². The number of aryl methyl sites for hydroxylation is 2. The molecule has 0 radical (unpaired) electrons. The van der Waals surface area contributed by atoms with Gasteiger partial charge in [0.2, 0.25) is 0 Å². The fraction of sp³-hybridized carbons (Fsp3) is 0.438. The Morgan fingerprint density at radius 2 is 1.95 bits per heavy atom. The third kappa shape index (κ3) is 2.18. The molecule has 0 saturated carbocycles. The molecule has 19 heavy (non-hydrogen) atoms. The van der Waals surface area contributed by atoms with Crippen molar-refractivity contribution >= 4 is 28.2 Å². The number of benzene rings is 1. The van der Waals surface area contributed by atoms with Gasteiger partial charge in [-0.25, -0.2) is 0 Å². The highest BCUT2D eigenvalue weighted by molar-refractivity contribution is 6.32. The van der Waals surface area contributed by atoms with Gasteiger partial charge in [-0.05, 0) is 55.9 Å². The van der Waals surface area contributed by atoms with Crippen molar-refractivity contribution in [2.75, 3.05) is 12.4 Å². The van der Waals surface area contributed by atoms with Crippen LogP contribution in [-0.2, 0) is 12.8 Å². The monoisotopic (exact) mass is 274 g/mol. The summed E-state index contributed by atoms with van der Waals surface area (Å²) < 4.78 is 0. The fourth-order valence-corrected chi connectivity index (χ4v) is 3.17. The number of nitrogens with one attached hydrogen (secondary N) is 1. The van der Waals surface area contributed by atoms with Crippen LogP contribution in [0.5, 0.6) is 0 Å². The number of fused-ring (bicyclic) bond motifs is 2. The lowest BCUT2D eigenvalue weighted by Gasteiger charge is -2.16. The maximum atomic E-state index is 6.24. The quantitative estimate of drug-likeness (QED) is 0.774. The number of rotatable bonds is 1. The van der Waals surface area contributed by atoms with E-state index in [1.807, 2.05) is 20.0 Å². The SMILES string of the molecule is CNc1c2c(nc3cc(Cl)c(C)cc13)CCCCC2. The Bertz CT molecular complexity index is 634. The molecule has 0 bridgehead atoms. The number of pyridine rings is 1. The van der Waals surface area contributed by atoms with Crippen LogP contribution >= 0.6 is 11.6 Å². The second-order valence-corrected chi connectivity index (χ2v) is 5.75. The molecule has 1 aromatic heterocycles. The predicted octanol–water partition coefficient (Wildman–Crippen LogP) is 4.51. The van der Waals surface area contributed by atoms with Gasteiger partial charge in [-0.2, -0.15) is 0 Å². The van der Waals surface area contributed by atoms with Crippen molar-refractivity contribution in [2.45, 2.75) is 39.0 Å². The average Bonchev–Trinajstić information content (AvgIpc) is 2.63. The summed E-state index contributed by atoms with van der Waals surface area (Å²) in [7, 11) is 2.00. The van der Waals surface area contributed by atoms with Crippen LogP contribution in [0.4, 0.5) is 5.69 Å². The molecule has 3 heteroatoms. The molecule has 0 amide bonds. The van der Waals surface area contributed by atoms with Gasteiger partial charge in [-0.15, -0.1) is 0 Å². The summed E-state index contributed by atoms with van der Waals surface area (Å²) in [6.07, 6.45) is 6.03. The van der Waals surface area contributed by atoms with Gasteiger partial charge >= 0.3 is 0 Å². The fourth-order valence-electron chi connectivity index (χ4n) is 3.02. The van der Waals surface area contributed by atoms with Crippen LogP contribution in [0, 0.1) is 6.92 Å². The zero-order valence-electron chi connectivity index (χ0n) is 11.5. The van der Waals surface area contributed by atoms with Crippen LogP contribution in [0.25, 0.3) is 10.9 Å². The van der Waals surface area contributed by atoms with E-state index >= 15 is 0 Å². The second-order valence-electron chi connectivity index (χ2n) is 5.34. The van der Waals surface area contributed by atoms with Gasteiger partial charge in [0.1, 0.15) is 0 Å². The number of nitrogens with zero attached hydrogens (tertiary/aromatic N) is 1. The molecule has 1 heterocycles. The van der Waals surface area contributed by atoms with E-state index in [1.54, 1.807) is 0 Å². The lowest BCUT2D eigenvalue weighted by molar-refractivity contribution is 0.709. The van der Waals surface area contributed by atoms with Crippen LogP contribution in [0.15, 0.2) is 12.1 Å². The molecule has 0 saturated heterocycles. The third-order valence-corrected chi connectivity index (χ3v) is 4.45. The molecule has 2 nitrogen and oxygen atoms in total. The summed E-state index contributed by atoms with van der Waals surface area (Å²) in [5.41, 5.74) is 6.05. The largest absolute Gasteiger partial charge is 0.387 e. The molecule has 2 aromatic rings. The molecule has 1 aromatic carbocycles. The highest BCUT2D eigenvalue weighted by Crippen LogP contribution is 2.34. The van der Waals surface area contributed by atoms with Crippen LogP contribution in [0.1, 0.15) is 36.1 Å². The van der Waals surface area contributed by atoms with Crippen molar-refractivity contribution in [1.82, 2.24) is 4.98 Å². The molecular formula is C16H19ClN2. The molecule has 0 atom stereocenters. The van der Waals surface area contributed by atoms with Gasteiger partial charge in [0.15, 0.2) is 0 Å². The van der Waals surface area contributed by atoms with E-state index in [2.05, 4.69) is 11.4 Å². The molecule has 0 aliphatic heterocycles. The molecular weight excluding hydrogens is 256 g/mol. The first-order chi connectivity index (χ1) is 9.20. The van der Waals surface area contributed by atoms with Crippen molar-refractivity contribution in [3.63, 3.8) is 0 Å². The highest BCUT2D eigenvalue weighted by Gasteiger charge is 2.17. The van der Waals surface area contributed by atoms with Crippen molar-refractivity contribution < 1.29 is 0 Å². The normalized spacial score (nSPS) is 15.1. The van der Waals surface area contributed by atoms with Gasteiger partial charge < -0.3 is 5.32 Å². The van der Waals surface area contributed by atoms with E-state index < -0.39 is 0 Å². The Morgan fingerprint density at radius 1 is 1.16 bits per heavy atom. The van der Waals surface area contributed by atoms with Crippen LogP contribution in [-0.4, -0.2) is 12.0 Å². The number of hydrogen-bond donors (Lipinski definition) is 1. The lowest BCUT2D eigenvalue weighted by atomic mass is 10.0. The first-order valence-corrected chi connectivity index (χ1v) is 7.38. The Labute approximate surface area is 119 Å². The predicted molar refractivity (Wildman–Crippen MR) is 82.3 cm³/mol. The van der Waals surface area contributed by atoms with E-state index in [1.165, 1.54) is 41.6 Å². The maximum Gasteiger partial charge on any atom is 0.0741 e. The zero-order chi connectivity index (χ0) is 13.4. The molecule has 1 N–H and O–H groups in total. The number of hydrogen-bond acceptors (Lipinski definition) is 2. The summed E-state index contributed by atoms with van der Waals surface area (Å²) in [4.78, 5) is 4.86. The van der Waals surface area contributed by atoms with Crippen molar-refractivity contribution in [3.8, 4) is 0 Å². The summed E-state index contributed by atoms with van der Waals surface area (Å²) in [5, 5.41) is 5.39. The Morgan fingerprint density at radius 3 is 2.74 bits per heavy atom. The third-order valence-electron chi connectivity index (χ3n) is 4.04. The first-order valence-electron chi connectivity index (χ1n) is 7.00. The summed E-state index contributed by atoms with van der Waals surface area (Å²) in [5.74, 6) is 0. The minimum atomic E-state index is 0.802. The molecule has 0 unspecified atom stereocenters.